The Labute approximate surface area is 104 Å². The van der Waals surface area contributed by atoms with E-state index < -0.39 is 0 Å². The van der Waals surface area contributed by atoms with Crippen molar-refractivity contribution < 1.29 is 4.79 Å². The summed E-state index contributed by atoms with van der Waals surface area (Å²) in [4.78, 5) is 11.8. The summed E-state index contributed by atoms with van der Waals surface area (Å²) >= 11 is 3.47. The number of nitrogens with zero attached hydrogens (tertiary/aromatic N) is 2. The molecule has 90 valence electrons. The molecule has 0 amide bonds. The molecule has 0 aromatic carbocycles. The quantitative estimate of drug-likeness (QED) is 0.899. The van der Waals surface area contributed by atoms with Gasteiger partial charge in [0.2, 0.25) is 0 Å². The smallest absolute Gasteiger partial charge is 0.155 e. The first kappa shape index (κ1) is 13.4. The van der Waals surface area contributed by atoms with Crippen LogP contribution in [0, 0.1) is 6.92 Å². The zero-order chi connectivity index (χ0) is 12.3. The lowest BCUT2D eigenvalue weighted by Crippen LogP contribution is -2.31. The van der Waals surface area contributed by atoms with Crippen molar-refractivity contribution in [2.24, 2.45) is 5.73 Å². The van der Waals surface area contributed by atoms with Crippen molar-refractivity contribution in [1.29, 1.82) is 0 Å². The average molecular weight is 288 g/mol. The molecule has 0 fully saturated rings. The maximum absolute atomic E-state index is 11.8. The molecule has 0 aliphatic carbocycles. The second-order valence-corrected chi connectivity index (χ2v) is 4.61. The zero-order valence-electron chi connectivity index (χ0n) is 9.96. The van der Waals surface area contributed by atoms with Gasteiger partial charge < -0.3 is 5.73 Å². The normalized spacial score (nSPS) is 12.8. The van der Waals surface area contributed by atoms with Gasteiger partial charge in [-0.15, -0.1) is 0 Å². The molecule has 1 atom stereocenters. The van der Waals surface area contributed by atoms with Crippen LogP contribution in [0.5, 0.6) is 0 Å². The fourth-order valence-corrected chi connectivity index (χ4v) is 1.99. The van der Waals surface area contributed by atoms with Gasteiger partial charge in [-0.25, -0.2) is 0 Å². The Balaban J connectivity index is 2.92. The van der Waals surface area contributed by atoms with Gasteiger partial charge in [0.15, 0.2) is 5.78 Å². The summed E-state index contributed by atoms with van der Waals surface area (Å²) in [5.41, 5.74) is 7.55. The average Bonchev–Trinajstić information content (AvgIpc) is 2.55. The van der Waals surface area contributed by atoms with Crippen LogP contribution in [0.1, 0.15) is 31.7 Å². The van der Waals surface area contributed by atoms with Crippen molar-refractivity contribution in [3.63, 3.8) is 0 Å². The lowest BCUT2D eigenvalue weighted by atomic mass is 10.1. The number of aryl methyl sites for hydroxylation is 2. The van der Waals surface area contributed by atoms with Crippen molar-refractivity contribution in [2.75, 3.05) is 0 Å². The van der Waals surface area contributed by atoms with Gasteiger partial charge in [-0.3, -0.25) is 9.48 Å². The number of carbonyl (C=O) groups excluding carboxylic acids is 1. The van der Waals surface area contributed by atoms with Gasteiger partial charge in [0, 0.05) is 6.54 Å². The van der Waals surface area contributed by atoms with E-state index in [9.17, 15) is 4.79 Å². The van der Waals surface area contributed by atoms with Crippen molar-refractivity contribution in [3.05, 3.63) is 15.9 Å². The van der Waals surface area contributed by atoms with Crippen molar-refractivity contribution in [3.8, 4) is 0 Å². The number of halogens is 1. The third kappa shape index (κ3) is 2.71. The summed E-state index contributed by atoms with van der Waals surface area (Å²) in [6.45, 7) is 6.60. The Bertz CT molecular complexity index is 387. The molecule has 1 heterocycles. The topological polar surface area (TPSA) is 60.9 Å². The van der Waals surface area contributed by atoms with E-state index in [0.717, 1.165) is 22.4 Å². The molecule has 0 saturated heterocycles. The van der Waals surface area contributed by atoms with Gasteiger partial charge in [0.25, 0.3) is 0 Å². The van der Waals surface area contributed by atoms with Crippen LogP contribution in [-0.2, 0) is 17.8 Å². The summed E-state index contributed by atoms with van der Waals surface area (Å²) < 4.78 is 2.77. The molecule has 0 radical (unpaired) electrons. The summed E-state index contributed by atoms with van der Waals surface area (Å²) in [7, 11) is 0. The number of aromatic nitrogens is 2. The van der Waals surface area contributed by atoms with Crippen LogP contribution in [-0.4, -0.2) is 21.6 Å². The first-order valence-electron chi connectivity index (χ1n) is 5.51. The van der Waals surface area contributed by atoms with Crippen LogP contribution in [0.4, 0.5) is 0 Å². The molecule has 1 rings (SSSR count). The largest absolute Gasteiger partial charge is 0.322 e. The maximum Gasteiger partial charge on any atom is 0.155 e. The standard InChI is InChI=1S/C11H18BrN3O/c1-4-8(13)10(16)6-9-11(12)7(3)14-15(9)5-2/h8H,4-6,13H2,1-3H3. The Morgan fingerprint density at radius 2 is 2.19 bits per heavy atom. The molecule has 2 N–H and O–H groups in total. The highest BCUT2D eigenvalue weighted by molar-refractivity contribution is 9.10. The Hall–Kier alpha value is -0.680. The highest BCUT2D eigenvalue weighted by Crippen LogP contribution is 2.21. The van der Waals surface area contributed by atoms with E-state index in [-0.39, 0.29) is 11.8 Å². The number of rotatable bonds is 5. The zero-order valence-corrected chi connectivity index (χ0v) is 11.5. The van der Waals surface area contributed by atoms with E-state index in [1.807, 2.05) is 25.5 Å². The lowest BCUT2D eigenvalue weighted by molar-refractivity contribution is -0.119. The highest BCUT2D eigenvalue weighted by Gasteiger charge is 2.18. The van der Waals surface area contributed by atoms with Gasteiger partial charge in [0.05, 0.1) is 28.3 Å². The van der Waals surface area contributed by atoms with Gasteiger partial charge in [-0.1, -0.05) is 6.92 Å². The SMILES string of the molecule is CCC(N)C(=O)Cc1c(Br)c(C)nn1CC. The fraction of sp³-hybridized carbons (Fsp3) is 0.636. The third-order valence-corrected chi connectivity index (χ3v) is 3.68. The molecule has 0 aliphatic rings. The molecular weight excluding hydrogens is 270 g/mol. The van der Waals surface area contributed by atoms with Gasteiger partial charge >= 0.3 is 0 Å². The maximum atomic E-state index is 11.8. The van der Waals surface area contributed by atoms with Crippen molar-refractivity contribution >= 4 is 21.7 Å². The van der Waals surface area contributed by atoms with Crippen LogP contribution >= 0.6 is 15.9 Å². The number of hydrogen-bond acceptors (Lipinski definition) is 3. The third-order valence-electron chi connectivity index (χ3n) is 2.65. The highest BCUT2D eigenvalue weighted by atomic mass is 79.9. The van der Waals surface area contributed by atoms with Gasteiger partial charge in [0.1, 0.15) is 0 Å². The predicted octanol–water partition coefficient (Wildman–Crippen LogP) is 1.82. The summed E-state index contributed by atoms with van der Waals surface area (Å²) in [6, 6.07) is -0.368. The second kappa shape index (κ2) is 5.59. The second-order valence-electron chi connectivity index (χ2n) is 3.82. The van der Waals surface area contributed by atoms with E-state index in [1.165, 1.54) is 0 Å². The molecule has 16 heavy (non-hydrogen) atoms. The fourth-order valence-electron chi connectivity index (χ4n) is 1.56. The molecule has 0 aliphatic heterocycles. The molecular formula is C11H18BrN3O. The number of Topliss-reactive ketones (excluding diaryl/α,β-unsaturated/α-hetero) is 1. The Kier molecular flexibility index (Phi) is 4.68. The van der Waals surface area contributed by atoms with Crippen LogP contribution in [0.25, 0.3) is 0 Å². The molecule has 0 saturated carbocycles. The predicted molar refractivity (Wildman–Crippen MR) is 67.3 cm³/mol. The van der Waals surface area contributed by atoms with E-state index in [0.29, 0.717) is 12.8 Å². The summed E-state index contributed by atoms with van der Waals surface area (Å²) in [6.07, 6.45) is 1.03. The van der Waals surface area contributed by atoms with E-state index >= 15 is 0 Å². The summed E-state index contributed by atoms with van der Waals surface area (Å²) in [5, 5.41) is 4.34. The van der Waals surface area contributed by atoms with Crippen molar-refractivity contribution in [1.82, 2.24) is 9.78 Å². The minimum absolute atomic E-state index is 0.0674. The molecule has 1 aromatic rings. The van der Waals surface area contributed by atoms with Crippen LogP contribution < -0.4 is 5.73 Å². The van der Waals surface area contributed by atoms with Gasteiger partial charge in [-0.05, 0) is 36.2 Å². The minimum Gasteiger partial charge on any atom is -0.322 e. The Morgan fingerprint density at radius 1 is 1.56 bits per heavy atom. The van der Waals surface area contributed by atoms with Gasteiger partial charge in [-0.2, -0.15) is 5.10 Å². The number of nitrogens with two attached hydrogens (primary N) is 1. The van der Waals surface area contributed by atoms with Crippen molar-refractivity contribution in [2.45, 2.75) is 46.2 Å². The van der Waals surface area contributed by atoms with E-state index in [1.54, 1.807) is 0 Å². The number of carbonyl (C=O) groups is 1. The van der Waals surface area contributed by atoms with E-state index in [2.05, 4.69) is 21.0 Å². The Morgan fingerprint density at radius 3 is 2.69 bits per heavy atom. The molecule has 0 spiro atoms. The minimum atomic E-state index is -0.368. The molecule has 0 bridgehead atoms. The van der Waals surface area contributed by atoms with Crippen LogP contribution in [0.15, 0.2) is 4.47 Å². The number of ketones is 1. The molecule has 5 heteroatoms. The monoisotopic (exact) mass is 287 g/mol. The van der Waals surface area contributed by atoms with E-state index in [4.69, 9.17) is 5.73 Å². The van der Waals surface area contributed by atoms with Crippen LogP contribution in [0.3, 0.4) is 0 Å². The number of hydrogen-bond donors (Lipinski definition) is 1. The lowest BCUT2D eigenvalue weighted by Gasteiger charge is -2.09. The molecule has 1 aromatic heterocycles. The first-order chi connectivity index (χ1) is 7.51. The van der Waals surface area contributed by atoms with Crippen LogP contribution in [0.2, 0.25) is 0 Å². The first-order valence-corrected chi connectivity index (χ1v) is 6.30. The summed E-state index contributed by atoms with van der Waals surface area (Å²) in [5.74, 6) is 0.0674. The molecule has 1 unspecified atom stereocenters. The molecule has 4 nitrogen and oxygen atoms in total.